The van der Waals surface area contributed by atoms with Gasteiger partial charge in [-0.05, 0) is 36.7 Å². The number of nitrogens with one attached hydrogen (secondary N) is 2. The minimum absolute atomic E-state index is 0.132. The molecule has 0 spiro atoms. The predicted octanol–water partition coefficient (Wildman–Crippen LogP) is 2.86. The standard InChI is InChI=1S/C16H14FN3O2S/c1-22-16(21)10-5-9(17)6-11-14(10)20-15(19-11)12-4-8-2-3-18-7-13(8)23-12/h4-6,18H,2-3,7H2,1H3,(H,19,20). The van der Waals surface area contributed by atoms with E-state index in [0.29, 0.717) is 16.9 Å². The zero-order valence-corrected chi connectivity index (χ0v) is 13.2. The number of fused-ring (bicyclic) bond motifs is 2. The SMILES string of the molecule is COC(=O)c1cc(F)cc2[nH]c(-c3cc4c(s3)CNCC4)nc12. The third-order valence-corrected chi connectivity index (χ3v) is 5.13. The molecule has 0 fully saturated rings. The first kappa shape index (κ1) is 14.3. The summed E-state index contributed by atoms with van der Waals surface area (Å²) in [4.78, 5) is 21.7. The number of methoxy groups -OCH3 is 1. The van der Waals surface area contributed by atoms with Crippen molar-refractivity contribution in [3.05, 3.63) is 40.0 Å². The lowest BCUT2D eigenvalue weighted by atomic mass is 10.1. The fourth-order valence-corrected chi connectivity index (χ4v) is 3.96. The summed E-state index contributed by atoms with van der Waals surface area (Å²) >= 11 is 1.66. The van der Waals surface area contributed by atoms with Crippen molar-refractivity contribution in [2.24, 2.45) is 0 Å². The van der Waals surface area contributed by atoms with Gasteiger partial charge in [-0.25, -0.2) is 14.2 Å². The lowest BCUT2D eigenvalue weighted by Gasteiger charge is -2.10. The van der Waals surface area contributed by atoms with E-state index in [-0.39, 0.29) is 5.56 Å². The van der Waals surface area contributed by atoms with Crippen LogP contribution in [-0.4, -0.2) is 29.6 Å². The maximum absolute atomic E-state index is 13.7. The molecule has 0 amide bonds. The van der Waals surface area contributed by atoms with Crippen molar-refractivity contribution >= 4 is 28.3 Å². The number of rotatable bonds is 2. The molecule has 5 nitrogen and oxygen atoms in total. The number of benzene rings is 1. The molecule has 0 saturated heterocycles. The van der Waals surface area contributed by atoms with Gasteiger partial charge in [0, 0.05) is 11.4 Å². The summed E-state index contributed by atoms with van der Waals surface area (Å²) in [5, 5.41) is 3.34. The van der Waals surface area contributed by atoms with E-state index in [1.165, 1.54) is 23.6 Å². The van der Waals surface area contributed by atoms with Crippen molar-refractivity contribution in [3.8, 4) is 10.7 Å². The van der Waals surface area contributed by atoms with Crippen molar-refractivity contribution in [3.63, 3.8) is 0 Å². The number of thiophene rings is 1. The van der Waals surface area contributed by atoms with Crippen LogP contribution in [0.1, 0.15) is 20.8 Å². The Hall–Kier alpha value is -2.25. The zero-order valence-electron chi connectivity index (χ0n) is 12.4. The Kier molecular flexibility index (Phi) is 3.39. The molecule has 118 valence electrons. The second-order valence-corrected chi connectivity index (χ2v) is 6.55. The fourth-order valence-electron chi connectivity index (χ4n) is 2.83. The number of esters is 1. The van der Waals surface area contributed by atoms with Gasteiger partial charge in [-0.2, -0.15) is 0 Å². The highest BCUT2D eigenvalue weighted by Gasteiger charge is 2.19. The number of carbonyl (C=O) groups is 1. The first-order valence-corrected chi connectivity index (χ1v) is 8.07. The number of H-pyrrole nitrogens is 1. The summed E-state index contributed by atoms with van der Waals surface area (Å²) in [6.07, 6.45) is 0.994. The van der Waals surface area contributed by atoms with Gasteiger partial charge in [0.05, 0.1) is 23.1 Å². The monoisotopic (exact) mass is 331 g/mol. The zero-order chi connectivity index (χ0) is 16.0. The fraction of sp³-hybridized carbons (Fsp3) is 0.250. The average Bonchev–Trinajstić information content (AvgIpc) is 3.16. The minimum atomic E-state index is -0.595. The number of halogens is 1. The van der Waals surface area contributed by atoms with Gasteiger partial charge < -0.3 is 15.0 Å². The third-order valence-electron chi connectivity index (χ3n) is 3.94. The molecule has 1 aliphatic rings. The van der Waals surface area contributed by atoms with Crippen molar-refractivity contribution in [1.82, 2.24) is 15.3 Å². The van der Waals surface area contributed by atoms with Crippen LogP contribution in [0.25, 0.3) is 21.7 Å². The van der Waals surface area contributed by atoms with E-state index >= 15 is 0 Å². The van der Waals surface area contributed by atoms with Gasteiger partial charge in [0.15, 0.2) is 0 Å². The quantitative estimate of drug-likeness (QED) is 0.709. The number of carbonyl (C=O) groups excluding carboxylic acids is 1. The van der Waals surface area contributed by atoms with E-state index in [1.807, 2.05) is 0 Å². The Labute approximate surface area is 135 Å². The summed E-state index contributed by atoms with van der Waals surface area (Å²) in [6.45, 7) is 1.84. The van der Waals surface area contributed by atoms with Gasteiger partial charge in [0.2, 0.25) is 0 Å². The maximum Gasteiger partial charge on any atom is 0.340 e. The van der Waals surface area contributed by atoms with Crippen LogP contribution < -0.4 is 5.32 Å². The van der Waals surface area contributed by atoms with E-state index in [2.05, 4.69) is 21.4 Å². The number of hydrogen-bond donors (Lipinski definition) is 2. The number of ether oxygens (including phenoxy) is 1. The Bertz CT molecular complexity index is 892. The molecule has 3 aromatic rings. The molecule has 2 aromatic heterocycles. The molecule has 0 bridgehead atoms. The normalized spacial score (nSPS) is 14.0. The smallest absolute Gasteiger partial charge is 0.340 e. The van der Waals surface area contributed by atoms with Crippen LogP contribution in [0.5, 0.6) is 0 Å². The summed E-state index contributed by atoms with van der Waals surface area (Å²) in [5.41, 5.74) is 2.37. The van der Waals surface area contributed by atoms with Gasteiger partial charge in [0.1, 0.15) is 17.2 Å². The summed E-state index contributed by atoms with van der Waals surface area (Å²) in [7, 11) is 1.27. The summed E-state index contributed by atoms with van der Waals surface area (Å²) in [5.74, 6) is -0.444. The Balaban J connectivity index is 1.85. The van der Waals surface area contributed by atoms with Crippen molar-refractivity contribution in [1.29, 1.82) is 0 Å². The van der Waals surface area contributed by atoms with Gasteiger partial charge in [-0.3, -0.25) is 0 Å². The van der Waals surface area contributed by atoms with Gasteiger partial charge in [0.25, 0.3) is 0 Å². The van der Waals surface area contributed by atoms with Crippen molar-refractivity contribution < 1.29 is 13.9 Å². The molecule has 0 atom stereocenters. The van der Waals surface area contributed by atoms with E-state index in [1.54, 1.807) is 11.3 Å². The Morgan fingerprint density at radius 2 is 2.26 bits per heavy atom. The second-order valence-electron chi connectivity index (χ2n) is 5.41. The lowest BCUT2D eigenvalue weighted by molar-refractivity contribution is 0.0602. The van der Waals surface area contributed by atoms with Crippen molar-refractivity contribution in [2.75, 3.05) is 13.7 Å². The molecule has 1 aliphatic heterocycles. The summed E-state index contributed by atoms with van der Waals surface area (Å²) < 4.78 is 18.4. The minimum Gasteiger partial charge on any atom is -0.465 e. The largest absolute Gasteiger partial charge is 0.465 e. The second kappa shape index (κ2) is 5.43. The molecule has 2 N–H and O–H groups in total. The predicted molar refractivity (Wildman–Crippen MR) is 86.1 cm³/mol. The Morgan fingerprint density at radius 3 is 3.04 bits per heavy atom. The topological polar surface area (TPSA) is 67.0 Å². The molecular weight excluding hydrogens is 317 g/mol. The number of aromatic nitrogens is 2. The molecule has 3 heterocycles. The summed E-state index contributed by atoms with van der Waals surface area (Å²) in [6, 6.07) is 4.61. The van der Waals surface area contributed by atoms with Gasteiger partial charge in [-0.15, -0.1) is 11.3 Å². The number of aromatic amines is 1. The lowest BCUT2D eigenvalue weighted by Crippen LogP contribution is -2.21. The molecule has 23 heavy (non-hydrogen) atoms. The number of imidazole rings is 1. The van der Waals surface area contributed by atoms with Crippen molar-refractivity contribution in [2.45, 2.75) is 13.0 Å². The van der Waals surface area contributed by atoms with E-state index in [4.69, 9.17) is 4.74 Å². The number of hydrogen-bond acceptors (Lipinski definition) is 5. The van der Waals surface area contributed by atoms with Gasteiger partial charge >= 0.3 is 5.97 Å². The van der Waals surface area contributed by atoms with Crippen LogP contribution in [0.2, 0.25) is 0 Å². The highest BCUT2D eigenvalue weighted by molar-refractivity contribution is 7.15. The van der Waals surface area contributed by atoms with E-state index in [9.17, 15) is 9.18 Å². The highest BCUT2D eigenvalue weighted by Crippen LogP contribution is 2.33. The molecule has 0 aliphatic carbocycles. The van der Waals surface area contributed by atoms with Crippen LogP contribution in [-0.2, 0) is 17.7 Å². The molecule has 7 heteroatoms. The molecule has 0 unspecified atom stereocenters. The molecule has 0 saturated carbocycles. The Morgan fingerprint density at radius 1 is 1.39 bits per heavy atom. The van der Waals surface area contributed by atoms with Crippen LogP contribution >= 0.6 is 11.3 Å². The average molecular weight is 331 g/mol. The van der Waals surface area contributed by atoms with Crippen LogP contribution in [0.3, 0.4) is 0 Å². The first-order valence-electron chi connectivity index (χ1n) is 7.26. The first-order chi connectivity index (χ1) is 11.2. The highest BCUT2D eigenvalue weighted by atomic mass is 32.1. The molecule has 4 rings (SSSR count). The van der Waals surface area contributed by atoms with E-state index in [0.717, 1.165) is 30.5 Å². The third kappa shape index (κ3) is 2.42. The number of nitrogens with zero attached hydrogens (tertiary/aromatic N) is 1. The maximum atomic E-state index is 13.7. The van der Waals surface area contributed by atoms with Crippen LogP contribution in [0, 0.1) is 5.82 Å². The van der Waals surface area contributed by atoms with Gasteiger partial charge in [-0.1, -0.05) is 0 Å². The van der Waals surface area contributed by atoms with Crippen LogP contribution in [0.15, 0.2) is 18.2 Å². The molecular formula is C16H14FN3O2S. The molecule has 0 radical (unpaired) electrons. The van der Waals surface area contributed by atoms with E-state index < -0.39 is 11.8 Å². The molecule has 1 aromatic carbocycles. The van der Waals surface area contributed by atoms with Crippen LogP contribution in [0.4, 0.5) is 4.39 Å².